The van der Waals surface area contributed by atoms with Gasteiger partial charge in [-0.25, -0.2) is 0 Å². The molecule has 23 heteroatoms. The Kier molecular flexibility index (Phi) is 63.6. The molecule has 0 aliphatic carbocycles. The van der Waals surface area contributed by atoms with E-state index in [1.807, 2.05) is 0 Å². The normalized spacial score (nSPS) is 11.0. The van der Waals surface area contributed by atoms with Gasteiger partial charge in [0.25, 0.3) is 0 Å². The van der Waals surface area contributed by atoms with E-state index in [9.17, 15) is 29.8 Å². The van der Waals surface area contributed by atoms with Crippen molar-refractivity contribution in [2.45, 2.75) is 119 Å². The van der Waals surface area contributed by atoms with Crippen LogP contribution in [-0.4, -0.2) is 232 Å². The standard InChI is InChI=1S/2C9H8GeNO4.2C6H15NO3.4C4H9.H2O.2Sn/c2*10-5-8(9(12)13)6-1-3-7(4-2-6)11(14)15;2*8-4-1-7(2-5-9)3-6-10;4*1-3-4-2;;;/h2*1-4,8H,5H2,(H,12,13);2*8-10H,1-6H2;4*1,3-4H2,2H3;1H2;;. The average Bonchev–Trinajstić information content (AvgIpc) is 3.31. The van der Waals surface area contributed by atoms with Crippen molar-refractivity contribution >= 4 is 98.6 Å². The number of hydrogen-bond donors (Lipinski definition) is 8. The van der Waals surface area contributed by atoms with Gasteiger partial charge in [-0.3, -0.25) is 9.80 Å². The van der Waals surface area contributed by atoms with Gasteiger partial charge < -0.3 is 36.1 Å². The maximum Gasteiger partial charge on any atom is 0.0558 e. The number of non-ortho nitro benzene ring substituents is 2. The summed E-state index contributed by atoms with van der Waals surface area (Å²) >= 11 is 3.83. The number of unbranched alkanes of at least 4 members (excludes halogenated alkanes) is 4. The molecule has 0 fully saturated rings. The first-order chi connectivity index (χ1) is 32.6. The molecule has 0 aliphatic heterocycles. The van der Waals surface area contributed by atoms with Crippen LogP contribution in [0.15, 0.2) is 48.5 Å². The van der Waals surface area contributed by atoms with Crippen molar-refractivity contribution in [1.29, 1.82) is 0 Å². The molecule has 2 rings (SSSR count). The molecule has 10 radical (unpaired) electrons. The fourth-order valence-electron chi connectivity index (χ4n) is 5.33. The molecule has 0 heterocycles. The quantitative estimate of drug-likeness (QED) is 0.0214. The molecule has 0 amide bonds. The molecule has 10 N–H and O–H groups in total. The number of carboxylic acid groups (broad SMARTS) is 2. The molecule has 2 atom stereocenters. The number of nitro benzene ring substituents is 2. The van der Waals surface area contributed by atoms with Gasteiger partial charge in [0.1, 0.15) is 0 Å². The molecule has 2 aromatic rings. The molecule has 19 nitrogen and oxygen atoms in total. The maximum absolute atomic E-state index is 10.8. The van der Waals surface area contributed by atoms with Crippen LogP contribution >= 0.6 is 0 Å². The monoisotopic (exact) mass is 1320 g/mol. The molecule has 0 aromatic heterocycles. The van der Waals surface area contributed by atoms with Crippen LogP contribution in [0.5, 0.6) is 0 Å². The molecule has 394 valence electrons. The van der Waals surface area contributed by atoms with Gasteiger partial charge in [-0.1, -0.05) is 0 Å². The fourth-order valence-corrected chi connectivity index (χ4v) is 15.4. The summed E-state index contributed by atoms with van der Waals surface area (Å²) < 4.78 is 6.50. The van der Waals surface area contributed by atoms with Gasteiger partial charge in [-0.2, -0.15) is 0 Å². The van der Waals surface area contributed by atoms with E-state index in [1.165, 1.54) is 99.9 Å². The van der Waals surface area contributed by atoms with Crippen molar-refractivity contribution in [3.8, 4) is 0 Å². The third-order valence-electron chi connectivity index (χ3n) is 9.34. The molecule has 0 spiro atoms. The Morgan fingerprint density at radius 1 is 0.507 bits per heavy atom. The number of benzene rings is 2. The number of aliphatic hydroxyl groups is 6. The van der Waals surface area contributed by atoms with Crippen LogP contribution in [-0.2, 0) is 9.59 Å². The molecule has 2 aromatic carbocycles. The van der Waals surface area contributed by atoms with Gasteiger partial charge in [-0.05, 0) is 0 Å². The SMILES string of the molecule is CCC[CH2][Sn][CH2]CCC.CCC[CH2][Sn][CH2]CCC.O.O=C(O)C([CH2][Ge])c1ccc([N+](=O)[O-])cc1.O=C(O)C([CH2][Ge])c1ccc([N+](=O)[O-])cc1.OCCN(CCO)CCO.OCCN(CCO)CCO. The summed E-state index contributed by atoms with van der Waals surface area (Å²) in [5, 5.41) is 90.3. The van der Waals surface area contributed by atoms with E-state index in [2.05, 4.69) is 27.7 Å². The van der Waals surface area contributed by atoms with Crippen molar-refractivity contribution in [2.24, 2.45) is 0 Å². The summed E-state index contributed by atoms with van der Waals surface area (Å²) in [6.45, 7) is 12.7. The fraction of sp³-hybridized carbons (Fsp3) is 0.696. The minimum Gasteiger partial charge on any atom is -0.395 e. The predicted molar refractivity (Wildman–Crippen MR) is 277 cm³/mol. The number of carbonyl (C=O) groups is 2. The second kappa shape index (κ2) is 57.4. The molecular weight excluding hydrogens is 1230 g/mol. The van der Waals surface area contributed by atoms with Gasteiger partial charge in [0.05, 0.1) is 39.6 Å². The first-order valence-corrected chi connectivity index (χ1v) is 34.4. The van der Waals surface area contributed by atoms with Crippen LogP contribution in [0.1, 0.15) is 102 Å². The number of nitrogens with zero attached hydrogens (tertiary/aromatic N) is 4. The minimum atomic E-state index is -0.911. The number of aliphatic carboxylic acids is 2. The third-order valence-corrected chi connectivity index (χ3v) is 19.1. The van der Waals surface area contributed by atoms with E-state index in [1.54, 1.807) is 60.6 Å². The summed E-state index contributed by atoms with van der Waals surface area (Å²) in [5.74, 6) is -3.01. The van der Waals surface area contributed by atoms with Gasteiger partial charge in [0.15, 0.2) is 0 Å². The Labute approximate surface area is 448 Å². The number of carboxylic acids is 2. The molecule has 0 saturated heterocycles. The number of hydrogen-bond acceptors (Lipinski definition) is 14. The van der Waals surface area contributed by atoms with E-state index in [0.717, 1.165) is 0 Å². The van der Waals surface area contributed by atoms with Crippen LogP contribution in [0.25, 0.3) is 0 Å². The van der Waals surface area contributed by atoms with E-state index in [0.29, 0.717) is 60.9 Å². The molecular formula is C46H84Ge2N4O15Sn2. The van der Waals surface area contributed by atoms with Crippen molar-refractivity contribution in [1.82, 2.24) is 9.80 Å². The summed E-state index contributed by atoms with van der Waals surface area (Å²) in [6.07, 6.45) is 11.7. The third kappa shape index (κ3) is 47.3. The molecule has 0 saturated carbocycles. The zero-order chi connectivity index (χ0) is 52.4. The average molecular weight is 1320 g/mol. The van der Waals surface area contributed by atoms with Crippen LogP contribution in [0.4, 0.5) is 11.4 Å². The zero-order valence-electron chi connectivity index (χ0n) is 41.5. The van der Waals surface area contributed by atoms with E-state index >= 15 is 0 Å². The summed E-state index contributed by atoms with van der Waals surface area (Å²) in [5.41, 5.74) is 1.13. The van der Waals surface area contributed by atoms with E-state index < -0.39 is 33.6 Å². The summed E-state index contributed by atoms with van der Waals surface area (Å²) in [6, 6.07) is 11.2. The summed E-state index contributed by atoms with van der Waals surface area (Å²) in [7, 11) is 0. The molecule has 2 unspecified atom stereocenters. The molecule has 0 aliphatic rings. The van der Waals surface area contributed by atoms with Crippen molar-refractivity contribution in [3.63, 3.8) is 0 Å². The van der Waals surface area contributed by atoms with Gasteiger partial charge >= 0.3 is 327 Å². The summed E-state index contributed by atoms with van der Waals surface area (Å²) in [4.78, 5) is 44.9. The van der Waals surface area contributed by atoms with Crippen LogP contribution in [0.2, 0.25) is 28.3 Å². The van der Waals surface area contributed by atoms with Crippen LogP contribution in [0.3, 0.4) is 0 Å². The Morgan fingerprint density at radius 2 is 0.725 bits per heavy atom. The minimum absolute atomic E-state index is 0. The Bertz CT molecular complexity index is 1320. The Balaban J connectivity index is -0.000000240. The van der Waals surface area contributed by atoms with Gasteiger partial charge in [0.2, 0.25) is 0 Å². The van der Waals surface area contributed by atoms with Gasteiger partial charge in [0, 0.05) is 39.3 Å². The Hall–Kier alpha value is -1.50. The number of rotatable bonds is 32. The van der Waals surface area contributed by atoms with Crippen molar-refractivity contribution in [3.05, 3.63) is 79.9 Å². The van der Waals surface area contributed by atoms with Crippen molar-refractivity contribution < 1.29 is 65.8 Å². The van der Waals surface area contributed by atoms with Crippen LogP contribution in [0, 0.1) is 20.2 Å². The van der Waals surface area contributed by atoms with Gasteiger partial charge in [-0.15, -0.1) is 0 Å². The second-order valence-electron chi connectivity index (χ2n) is 14.8. The smallest absolute Gasteiger partial charge is 0.0558 e. The first-order valence-electron chi connectivity index (χ1n) is 23.4. The van der Waals surface area contributed by atoms with Crippen LogP contribution < -0.4 is 0 Å². The topological polar surface area (TPSA) is 320 Å². The number of aliphatic hydroxyl groups excluding tert-OH is 6. The maximum atomic E-state index is 10.8. The number of nitro groups is 2. The predicted octanol–water partition coefficient (Wildman–Crippen LogP) is 4.66. The largest absolute Gasteiger partial charge is 0.395 e. The zero-order valence-corrected chi connectivity index (χ0v) is 51.4. The van der Waals surface area contributed by atoms with E-state index in [4.69, 9.17) is 40.9 Å². The van der Waals surface area contributed by atoms with Crippen molar-refractivity contribution in [2.75, 3.05) is 78.9 Å². The first kappa shape index (κ1) is 76.4. The van der Waals surface area contributed by atoms with E-state index in [-0.39, 0.29) is 98.8 Å². The Morgan fingerprint density at radius 3 is 0.870 bits per heavy atom. The second-order valence-corrected chi connectivity index (χ2v) is 25.1. The molecule has 69 heavy (non-hydrogen) atoms. The molecule has 0 bridgehead atoms.